The van der Waals surface area contributed by atoms with E-state index in [1.54, 1.807) is 12.1 Å². The molecule has 0 radical (unpaired) electrons. The van der Waals surface area contributed by atoms with Crippen LogP contribution in [0, 0.1) is 5.41 Å². The number of halogens is 3. The van der Waals surface area contributed by atoms with Crippen molar-refractivity contribution in [2.45, 2.75) is 35.9 Å². The van der Waals surface area contributed by atoms with Gasteiger partial charge in [0.05, 0.1) is 0 Å². The highest BCUT2D eigenvalue weighted by Crippen LogP contribution is 2.29. The van der Waals surface area contributed by atoms with Crippen LogP contribution in [0.25, 0.3) is 0 Å². The molecule has 0 aliphatic carbocycles. The molecule has 0 aliphatic heterocycles. The van der Waals surface area contributed by atoms with E-state index in [0.29, 0.717) is 5.02 Å². The van der Waals surface area contributed by atoms with E-state index in [9.17, 15) is 4.79 Å². The van der Waals surface area contributed by atoms with Crippen LogP contribution in [0.4, 0.5) is 0 Å². The van der Waals surface area contributed by atoms with Gasteiger partial charge in [-0.3, -0.25) is 4.79 Å². The lowest BCUT2D eigenvalue weighted by atomic mass is 9.96. The third kappa shape index (κ3) is 5.82. The lowest BCUT2D eigenvalue weighted by Gasteiger charge is -2.24. The van der Waals surface area contributed by atoms with Gasteiger partial charge in [-0.1, -0.05) is 44.1 Å². The predicted molar refractivity (Wildman–Crippen MR) is 84.2 cm³/mol. The molecule has 1 aromatic carbocycles. The molecule has 1 amide bonds. The van der Waals surface area contributed by atoms with E-state index < -0.39 is 15.6 Å². The van der Waals surface area contributed by atoms with Crippen molar-refractivity contribution < 1.29 is 4.79 Å². The van der Waals surface area contributed by atoms with Gasteiger partial charge in [0.25, 0.3) is 0 Å². The molecule has 6 heteroatoms. The average molecular weight is 341 g/mol. The monoisotopic (exact) mass is 339 g/mol. The first-order valence-electron chi connectivity index (χ1n) is 5.71. The largest absolute Gasteiger partial charge is 0.341 e. The van der Waals surface area contributed by atoms with E-state index in [4.69, 9.17) is 34.8 Å². The minimum Gasteiger partial charge on any atom is -0.341 e. The van der Waals surface area contributed by atoms with E-state index in [0.717, 1.165) is 4.90 Å². The zero-order valence-electron chi connectivity index (χ0n) is 10.9. The molecule has 1 N–H and O–H groups in total. The molecule has 1 rings (SSSR count). The fourth-order valence-electron chi connectivity index (χ4n) is 1.15. The molecule has 0 unspecified atom stereocenters. The number of hydrogen-bond acceptors (Lipinski definition) is 2. The number of carbonyl (C=O) groups is 1. The molecule has 0 saturated carbocycles. The van der Waals surface area contributed by atoms with Crippen LogP contribution < -0.4 is 5.32 Å². The molecule has 0 saturated heterocycles. The summed E-state index contributed by atoms with van der Waals surface area (Å²) in [7, 11) is 0. The minimum absolute atomic E-state index is 0.0923. The van der Waals surface area contributed by atoms with Gasteiger partial charge in [0.15, 0.2) is 0 Å². The van der Waals surface area contributed by atoms with Crippen molar-refractivity contribution in [3.05, 3.63) is 29.3 Å². The van der Waals surface area contributed by atoms with Crippen LogP contribution in [0.2, 0.25) is 5.02 Å². The summed E-state index contributed by atoms with van der Waals surface area (Å²) in [6.07, 6.45) is 0. The molecule has 1 atom stereocenters. The third-order valence-corrected chi connectivity index (χ3v) is 4.50. The lowest BCUT2D eigenvalue weighted by molar-refractivity contribution is -0.128. The Morgan fingerprint density at radius 1 is 1.21 bits per heavy atom. The molecule has 19 heavy (non-hydrogen) atoms. The summed E-state index contributed by atoms with van der Waals surface area (Å²) in [5, 5.41) is 3.10. The van der Waals surface area contributed by atoms with Crippen LogP contribution in [0.5, 0.6) is 0 Å². The number of benzene rings is 1. The smallest absolute Gasteiger partial charge is 0.226 e. The minimum atomic E-state index is -0.702. The molecular weight excluding hydrogens is 325 g/mol. The molecule has 106 valence electrons. The van der Waals surface area contributed by atoms with Crippen LogP contribution in [-0.2, 0) is 4.79 Å². The van der Waals surface area contributed by atoms with Crippen molar-refractivity contribution in [3.8, 4) is 0 Å². The molecule has 1 aromatic rings. The Labute approximate surface area is 133 Å². The van der Waals surface area contributed by atoms with Crippen LogP contribution in [0.1, 0.15) is 20.8 Å². The molecule has 0 spiro atoms. The van der Waals surface area contributed by atoms with Gasteiger partial charge >= 0.3 is 0 Å². The summed E-state index contributed by atoms with van der Waals surface area (Å²) in [5.41, 5.74) is -0.485. The van der Waals surface area contributed by atoms with Crippen LogP contribution in [-0.4, -0.2) is 16.1 Å². The maximum atomic E-state index is 12.0. The predicted octanol–water partition coefficient (Wildman–Crippen LogP) is 4.72. The van der Waals surface area contributed by atoms with E-state index in [1.807, 2.05) is 32.9 Å². The van der Waals surface area contributed by atoms with Gasteiger partial charge in [-0.15, -0.1) is 23.2 Å². The number of hydrogen-bond donors (Lipinski definition) is 1. The summed E-state index contributed by atoms with van der Waals surface area (Å²) in [5.74, 6) is -0.0923. The second kappa shape index (κ2) is 7.07. The van der Waals surface area contributed by atoms with Crippen LogP contribution in [0.3, 0.4) is 0 Å². The zero-order chi connectivity index (χ0) is 14.6. The number of alkyl halides is 2. The third-order valence-electron chi connectivity index (χ3n) is 2.26. The van der Waals surface area contributed by atoms with E-state index in [1.165, 1.54) is 11.8 Å². The lowest BCUT2D eigenvalue weighted by Crippen LogP contribution is -2.42. The summed E-state index contributed by atoms with van der Waals surface area (Å²) in [6, 6.07) is 7.28. The van der Waals surface area contributed by atoms with Crippen molar-refractivity contribution in [2.75, 3.05) is 0 Å². The molecule has 0 fully saturated rings. The Kier molecular flexibility index (Phi) is 6.31. The standard InChI is InChI=1S/C13H16Cl3NOS/c1-13(2,3)12(18)17-11(10(15)16)19-9-6-4-8(14)5-7-9/h4-7,10-11H,1-3H3,(H,17,18)/t11-/m1/s1. The maximum Gasteiger partial charge on any atom is 0.226 e. The highest BCUT2D eigenvalue weighted by molar-refractivity contribution is 8.00. The second-order valence-corrected chi connectivity index (χ2v) is 7.87. The van der Waals surface area contributed by atoms with Gasteiger partial charge in [-0.25, -0.2) is 0 Å². The normalized spacial score (nSPS) is 13.4. The Balaban J connectivity index is 2.74. The molecular formula is C13H16Cl3NOS. The van der Waals surface area contributed by atoms with Crippen LogP contribution in [0.15, 0.2) is 29.2 Å². The molecule has 2 nitrogen and oxygen atoms in total. The first kappa shape index (κ1) is 17.0. The molecule has 0 heterocycles. The molecule has 0 aliphatic rings. The number of carbonyl (C=O) groups excluding carboxylic acids is 1. The topological polar surface area (TPSA) is 29.1 Å². The van der Waals surface area contributed by atoms with Crippen molar-refractivity contribution in [1.82, 2.24) is 5.32 Å². The Morgan fingerprint density at radius 3 is 2.16 bits per heavy atom. The van der Waals surface area contributed by atoms with Gasteiger partial charge in [0.2, 0.25) is 5.91 Å². The molecule has 0 aromatic heterocycles. The van der Waals surface area contributed by atoms with Gasteiger partial charge < -0.3 is 5.32 Å². The first-order chi connectivity index (χ1) is 8.70. The second-order valence-electron chi connectivity index (χ2n) is 5.05. The fraction of sp³-hybridized carbons (Fsp3) is 0.462. The van der Waals surface area contributed by atoms with Gasteiger partial charge in [-0.05, 0) is 24.3 Å². The van der Waals surface area contributed by atoms with Crippen molar-refractivity contribution in [1.29, 1.82) is 0 Å². The zero-order valence-corrected chi connectivity index (χ0v) is 14.0. The van der Waals surface area contributed by atoms with E-state index in [2.05, 4.69) is 5.32 Å². The van der Waals surface area contributed by atoms with Gasteiger partial charge in [-0.2, -0.15) is 0 Å². The van der Waals surface area contributed by atoms with Crippen molar-refractivity contribution >= 4 is 52.5 Å². The fourth-order valence-corrected chi connectivity index (χ4v) is 2.57. The Bertz CT molecular complexity index is 429. The van der Waals surface area contributed by atoms with Crippen LogP contribution >= 0.6 is 46.6 Å². The highest BCUT2D eigenvalue weighted by Gasteiger charge is 2.27. The summed E-state index contributed by atoms with van der Waals surface area (Å²) in [4.78, 5) is 12.2. The summed E-state index contributed by atoms with van der Waals surface area (Å²) < 4.78 is 0. The number of nitrogens with one attached hydrogen (secondary N) is 1. The first-order valence-corrected chi connectivity index (χ1v) is 7.84. The van der Waals surface area contributed by atoms with Crippen molar-refractivity contribution in [2.24, 2.45) is 5.41 Å². The maximum absolute atomic E-state index is 12.0. The number of rotatable bonds is 4. The van der Waals surface area contributed by atoms with Crippen molar-refractivity contribution in [3.63, 3.8) is 0 Å². The summed E-state index contributed by atoms with van der Waals surface area (Å²) >= 11 is 19.1. The summed E-state index contributed by atoms with van der Waals surface area (Å²) in [6.45, 7) is 5.51. The van der Waals surface area contributed by atoms with Gasteiger partial charge in [0.1, 0.15) is 10.2 Å². The quantitative estimate of drug-likeness (QED) is 0.488. The molecule has 0 bridgehead atoms. The number of amides is 1. The van der Waals surface area contributed by atoms with E-state index >= 15 is 0 Å². The SMILES string of the molecule is CC(C)(C)C(=O)N[C@H](Sc1ccc(Cl)cc1)C(Cl)Cl. The Hall–Kier alpha value is -0.0900. The highest BCUT2D eigenvalue weighted by atomic mass is 35.5. The Morgan fingerprint density at radius 2 is 1.74 bits per heavy atom. The van der Waals surface area contributed by atoms with E-state index in [-0.39, 0.29) is 5.91 Å². The average Bonchev–Trinajstić information content (AvgIpc) is 2.29. The number of thioether (sulfide) groups is 1. The van der Waals surface area contributed by atoms with Gasteiger partial charge in [0, 0.05) is 15.3 Å².